The Hall–Kier alpha value is -1.88. The van der Waals surface area contributed by atoms with Gasteiger partial charge < -0.3 is 15.0 Å². The van der Waals surface area contributed by atoms with Gasteiger partial charge in [-0.05, 0) is 25.0 Å². The smallest absolute Gasteiger partial charge is 0.302 e. The van der Waals surface area contributed by atoms with E-state index >= 15 is 0 Å². The molecule has 1 heterocycles. The molecule has 0 aliphatic heterocycles. The molecule has 1 aliphatic rings. The molecule has 0 fully saturated rings. The van der Waals surface area contributed by atoms with Crippen molar-refractivity contribution in [3.05, 3.63) is 39.8 Å². The Bertz CT molecular complexity index is 575. The van der Waals surface area contributed by atoms with E-state index < -0.39 is 0 Å². The summed E-state index contributed by atoms with van der Waals surface area (Å²) in [7, 11) is 0. The fourth-order valence-corrected chi connectivity index (χ4v) is 2.20. The summed E-state index contributed by atoms with van der Waals surface area (Å²) < 4.78 is 6.51. The molecule has 102 valence electrons. The molecule has 5 nitrogen and oxygen atoms in total. The average molecular weight is 262 g/mol. The molecule has 2 N–H and O–H groups in total. The van der Waals surface area contributed by atoms with E-state index in [2.05, 4.69) is 0 Å². The lowest BCUT2D eigenvalue weighted by Gasteiger charge is -2.21. The highest BCUT2D eigenvalue weighted by Gasteiger charge is 2.18. The lowest BCUT2D eigenvalue weighted by Crippen LogP contribution is -2.30. The second kappa shape index (κ2) is 5.40. The topological polar surface area (TPSA) is 74.3 Å². The third-order valence-corrected chi connectivity index (χ3v) is 3.27. The average Bonchev–Trinajstić information content (AvgIpc) is 2.37. The van der Waals surface area contributed by atoms with Crippen molar-refractivity contribution in [2.75, 3.05) is 6.61 Å². The fraction of sp³-hybridized carbons (Fsp3) is 0.429. The van der Waals surface area contributed by atoms with Gasteiger partial charge in [-0.3, -0.25) is 9.59 Å². The van der Waals surface area contributed by atoms with Gasteiger partial charge in [0.15, 0.2) is 0 Å². The second-order valence-electron chi connectivity index (χ2n) is 4.79. The number of esters is 1. The number of carbonyl (C=O) groups is 1. The van der Waals surface area contributed by atoms with Crippen LogP contribution in [0.5, 0.6) is 0 Å². The standard InChI is InChI=1S/C14H18N2O3/c1-9(8-19-10(2)17)16-7-6-11-12(14(16)18)4-3-5-13(11)15/h3-4,6-7,9,13H,5,8,15H2,1-2H3/t9-,13?/m1/s1. The number of pyridine rings is 1. The van der Waals surface area contributed by atoms with Gasteiger partial charge >= 0.3 is 5.97 Å². The monoisotopic (exact) mass is 262 g/mol. The molecule has 2 atom stereocenters. The summed E-state index contributed by atoms with van der Waals surface area (Å²) in [6.07, 6.45) is 6.19. The van der Waals surface area contributed by atoms with Gasteiger partial charge in [0.2, 0.25) is 0 Å². The van der Waals surface area contributed by atoms with Crippen LogP contribution in [0.4, 0.5) is 0 Å². The Kier molecular flexibility index (Phi) is 3.85. The van der Waals surface area contributed by atoms with Crippen LogP contribution < -0.4 is 11.3 Å². The predicted molar refractivity (Wildman–Crippen MR) is 72.6 cm³/mol. The molecule has 0 spiro atoms. The number of hydrogen-bond donors (Lipinski definition) is 1. The molecule has 2 rings (SSSR count). The van der Waals surface area contributed by atoms with E-state index in [0.717, 1.165) is 12.0 Å². The normalized spacial score (nSPS) is 18.8. The zero-order chi connectivity index (χ0) is 14.0. The van der Waals surface area contributed by atoms with Gasteiger partial charge in [0.05, 0.1) is 6.04 Å². The van der Waals surface area contributed by atoms with Crippen LogP contribution in [0.2, 0.25) is 0 Å². The summed E-state index contributed by atoms with van der Waals surface area (Å²) in [5, 5.41) is 0. The van der Waals surface area contributed by atoms with Crippen molar-refractivity contribution >= 4 is 12.0 Å². The van der Waals surface area contributed by atoms with E-state index in [9.17, 15) is 9.59 Å². The molecule has 1 aromatic heterocycles. The van der Waals surface area contributed by atoms with Crippen LogP contribution in [-0.2, 0) is 9.53 Å². The molecule has 0 saturated carbocycles. The van der Waals surface area contributed by atoms with Crippen LogP contribution in [0.3, 0.4) is 0 Å². The van der Waals surface area contributed by atoms with Gasteiger partial charge in [-0.15, -0.1) is 0 Å². The number of nitrogens with two attached hydrogens (primary N) is 1. The van der Waals surface area contributed by atoms with Crippen LogP contribution in [0.25, 0.3) is 6.08 Å². The third-order valence-electron chi connectivity index (χ3n) is 3.27. The summed E-state index contributed by atoms with van der Waals surface area (Å²) in [6, 6.07) is 1.55. The van der Waals surface area contributed by atoms with Gasteiger partial charge in [-0.1, -0.05) is 12.2 Å². The molecule has 1 aliphatic carbocycles. The van der Waals surface area contributed by atoms with Gasteiger partial charge in [-0.25, -0.2) is 0 Å². The molecule has 0 amide bonds. The van der Waals surface area contributed by atoms with E-state index in [-0.39, 0.29) is 30.2 Å². The van der Waals surface area contributed by atoms with Crippen molar-refractivity contribution in [3.8, 4) is 0 Å². The molecule has 0 aromatic carbocycles. The minimum atomic E-state index is -0.347. The summed E-state index contributed by atoms with van der Waals surface area (Å²) in [5.74, 6) is -0.347. The van der Waals surface area contributed by atoms with Crippen LogP contribution in [0.1, 0.15) is 43.5 Å². The largest absolute Gasteiger partial charge is 0.464 e. The summed E-state index contributed by atoms with van der Waals surface area (Å²) in [6.45, 7) is 3.37. The molecule has 0 bridgehead atoms. The zero-order valence-electron chi connectivity index (χ0n) is 11.1. The Balaban J connectivity index is 2.32. The number of fused-ring (bicyclic) bond motifs is 1. The molecule has 1 aromatic rings. The first-order chi connectivity index (χ1) is 9.00. The van der Waals surface area contributed by atoms with Gasteiger partial charge in [0.25, 0.3) is 5.56 Å². The first-order valence-electron chi connectivity index (χ1n) is 6.31. The maximum absolute atomic E-state index is 12.4. The predicted octanol–water partition coefficient (Wildman–Crippen LogP) is 1.39. The highest BCUT2D eigenvalue weighted by molar-refractivity contribution is 5.65. The maximum Gasteiger partial charge on any atom is 0.302 e. The Labute approximate surface area is 111 Å². The first-order valence-corrected chi connectivity index (χ1v) is 6.31. The SMILES string of the molecule is CC(=O)OC[C@@H](C)n1ccc2c(c1=O)C=CCC2N. The van der Waals surface area contributed by atoms with Gasteiger partial charge in [-0.2, -0.15) is 0 Å². The number of aromatic nitrogens is 1. The van der Waals surface area contributed by atoms with E-state index in [1.54, 1.807) is 10.8 Å². The highest BCUT2D eigenvalue weighted by atomic mass is 16.5. The molecule has 5 heteroatoms. The third kappa shape index (κ3) is 2.76. The number of carbonyl (C=O) groups excluding carboxylic acids is 1. The number of ether oxygens (including phenoxy) is 1. The Morgan fingerprint density at radius 1 is 1.63 bits per heavy atom. The first kappa shape index (κ1) is 13.5. The van der Waals surface area contributed by atoms with Gasteiger partial charge in [0.1, 0.15) is 6.61 Å². The maximum atomic E-state index is 12.4. The molecule has 1 unspecified atom stereocenters. The quantitative estimate of drug-likeness (QED) is 0.835. The van der Waals surface area contributed by atoms with Crippen LogP contribution >= 0.6 is 0 Å². The van der Waals surface area contributed by atoms with E-state index in [0.29, 0.717) is 5.56 Å². The molecule has 0 saturated heterocycles. The van der Waals surface area contributed by atoms with Crippen molar-refractivity contribution in [3.63, 3.8) is 0 Å². The highest BCUT2D eigenvalue weighted by Crippen LogP contribution is 2.23. The summed E-state index contributed by atoms with van der Waals surface area (Å²) >= 11 is 0. The van der Waals surface area contributed by atoms with E-state index in [4.69, 9.17) is 10.5 Å². The number of hydrogen-bond acceptors (Lipinski definition) is 4. The number of rotatable bonds is 3. The van der Waals surface area contributed by atoms with Gasteiger partial charge in [0, 0.05) is 24.7 Å². The van der Waals surface area contributed by atoms with Crippen molar-refractivity contribution in [2.24, 2.45) is 5.73 Å². The second-order valence-corrected chi connectivity index (χ2v) is 4.79. The van der Waals surface area contributed by atoms with E-state index in [1.165, 1.54) is 6.92 Å². The fourth-order valence-electron chi connectivity index (χ4n) is 2.20. The lowest BCUT2D eigenvalue weighted by molar-refractivity contribution is -0.141. The van der Waals surface area contributed by atoms with Crippen LogP contribution in [-0.4, -0.2) is 17.1 Å². The number of nitrogens with zero attached hydrogens (tertiary/aromatic N) is 1. The minimum absolute atomic E-state index is 0.0939. The molecular weight excluding hydrogens is 244 g/mol. The lowest BCUT2D eigenvalue weighted by atomic mass is 9.95. The summed E-state index contributed by atoms with van der Waals surface area (Å²) in [5.41, 5.74) is 7.39. The van der Waals surface area contributed by atoms with E-state index in [1.807, 2.05) is 25.1 Å². The molecule has 0 radical (unpaired) electrons. The summed E-state index contributed by atoms with van der Waals surface area (Å²) in [4.78, 5) is 23.2. The molecular formula is C14H18N2O3. The van der Waals surface area contributed by atoms with Crippen LogP contribution in [0, 0.1) is 0 Å². The Morgan fingerprint density at radius 3 is 3.05 bits per heavy atom. The Morgan fingerprint density at radius 2 is 2.37 bits per heavy atom. The van der Waals surface area contributed by atoms with Crippen molar-refractivity contribution < 1.29 is 9.53 Å². The van der Waals surface area contributed by atoms with Crippen LogP contribution in [0.15, 0.2) is 23.1 Å². The zero-order valence-corrected chi connectivity index (χ0v) is 11.1. The van der Waals surface area contributed by atoms with Crippen molar-refractivity contribution in [1.82, 2.24) is 4.57 Å². The van der Waals surface area contributed by atoms with Crippen molar-refractivity contribution in [1.29, 1.82) is 0 Å². The van der Waals surface area contributed by atoms with Crippen molar-refractivity contribution in [2.45, 2.75) is 32.4 Å². The molecule has 19 heavy (non-hydrogen) atoms. The minimum Gasteiger partial charge on any atom is -0.464 e.